The molecule has 0 heterocycles. The highest BCUT2D eigenvalue weighted by atomic mass is 32.2. The van der Waals surface area contributed by atoms with Crippen molar-refractivity contribution in [2.45, 2.75) is 84.0 Å². The molecule has 0 rings (SSSR count). The molecular formula is C19H38O4S. The molecule has 0 unspecified atom stereocenters. The lowest BCUT2D eigenvalue weighted by Crippen LogP contribution is -2.10. The summed E-state index contributed by atoms with van der Waals surface area (Å²) < 4.78 is 31.4. The highest BCUT2D eigenvalue weighted by Gasteiger charge is 2.00. The lowest BCUT2D eigenvalue weighted by atomic mass is 10.1. The zero-order chi connectivity index (χ0) is 17.9. The number of allylic oxidation sites excluding steroid dienone is 2. The predicted molar refractivity (Wildman–Crippen MR) is 102 cm³/mol. The van der Waals surface area contributed by atoms with Gasteiger partial charge in [-0.3, -0.25) is 4.18 Å². The fraction of sp³-hybridized carbons (Fsp3) is 0.895. The van der Waals surface area contributed by atoms with E-state index in [1.54, 1.807) is 0 Å². The zero-order valence-corrected chi connectivity index (χ0v) is 16.6. The van der Waals surface area contributed by atoms with E-state index in [1.165, 1.54) is 70.6 Å². The van der Waals surface area contributed by atoms with Gasteiger partial charge in [-0.05, 0) is 32.1 Å². The lowest BCUT2D eigenvalue weighted by molar-refractivity contribution is 0.0993. The molecule has 4 nitrogen and oxygen atoms in total. The smallest absolute Gasteiger partial charge is 0.264 e. The van der Waals surface area contributed by atoms with E-state index in [4.69, 9.17) is 4.74 Å². The second-order valence-corrected chi connectivity index (χ2v) is 8.01. The van der Waals surface area contributed by atoms with E-state index in [-0.39, 0.29) is 6.61 Å². The second kappa shape index (κ2) is 17.4. The van der Waals surface area contributed by atoms with Gasteiger partial charge in [0.25, 0.3) is 10.1 Å². The van der Waals surface area contributed by atoms with Gasteiger partial charge < -0.3 is 4.74 Å². The Kier molecular flexibility index (Phi) is 17.2. The maximum Gasteiger partial charge on any atom is 0.264 e. The highest BCUT2D eigenvalue weighted by Crippen LogP contribution is 2.09. The maximum atomic E-state index is 10.7. The van der Waals surface area contributed by atoms with Crippen LogP contribution in [0.2, 0.25) is 0 Å². The second-order valence-electron chi connectivity index (χ2n) is 6.37. The molecule has 0 N–H and O–H groups in total. The third-order valence-corrected chi connectivity index (χ3v) is 4.42. The molecule has 0 saturated heterocycles. The summed E-state index contributed by atoms with van der Waals surface area (Å²) in [6.45, 7) is 3.40. The van der Waals surface area contributed by atoms with Crippen molar-refractivity contribution >= 4 is 10.1 Å². The van der Waals surface area contributed by atoms with Gasteiger partial charge in [0.15, 0.2) is 0 Å². The van der Waals surface area contributed by atoms with Crippen LogP contribution in [0.3, 0.4) is 0 Å². The minimum Gasteiger partial charge on any atom is -0.379 e. The Hall–Kier alpha value is -0.390. The van der Waals surface area contributed by atoms with Gasteiger partial charge in [-0.25, -0.2) is 0 Å². The van der Waals surface area contributed by atoms with Gasteiger partial charge in [0.1, 0.15) is 0 Å². The summed E-state index contributed by atoms with van der Waals surface area (Å²) in [6, 6.07) is 0. The maximum absolute atomic E-state index is 10.7. The van der Waals surface area contributed by atoms with Gasteiger partial charge >= 0.3 is 0 Å². The normalized spacial score (nSPS) is 12.2. The van der Waals surface area contributed by atoms with E-state index in [2.05, 4.69) is 23.3 Å². The van der Waals surface area contributed by atoms with Crippen LogP contribution >= 0.6 is 0 Å². The molecule has 0 aliphatic rings. The van der Waals surface area contributed by atoms with Gasteiger partial charge in [-0.15, -0.1) is 0 Å². The van der Waals surface area contributed by atoms with Crippen molar-refractivity contribution in [2.24, 2.45) is 0 Å². The molecular weight excluding hydrogens is 324 g/mol. The first-order chi connectivity index (χ1) is 11.6. The molecule has 0 saturated carbocycles. The van der Waals surface area contributed by atoms with Crippen LogP contribution in [-0.4, -0.2) is 34.5 Å². The van der Waals surface area contributed by atoms with Crippen LogP contribution in [0.5, 0.6) is 0 Å². The van der Waals surface area contributed by atoms with Crippen molar-refractivity contribution in [1.29, 1.82) is 0 Å². The van der Waals surface area contributed by atoms with E-state index < -0.39 is 10.1 Å². The topological polar surface area (TPSA) is 52.6 Å². The summed E-state index contributed by atoms with van der Waals surface area (Å²) in [6.07, 6.45) is 21.0. The van der Waals surface area contributed by atoms with Crippen LogP contribution in [0.25, 0.3) is 0 Å². The summed E-state index contributed by atoms with van der Waals surface area (Å²) in [5, 5.41) is 0. The van der Waals surface area contributed by atoms with Crippen LogP contribution in [0, 0.1) is 0 Å². The van der Waals surface area contributed by atoms with Gasteiger partial charge in [0, 0.05) is 6.61 Å². The summed E-state index contributed by atoms with van der Waals surface area (Å²) in [7, 11) is -3.33. The third kappa shape index (κ3) is 21.6. The van der Waals surface area contributed by atoms with Crippen molar-refractivity contribution in [2.75, 3.05) is 26.1 Å². The van der Waals surface area contributed by atoms with Crippen LogP contribution in [0.4, 0.5) is 0 Å². The fourth-order valence-corrected chi connectivity index (χ4v) is 2.82. The number of hydrogen-bond acceptors (Lipinski definition) is 4. The third-order valence-electron chi connectivity index (χ3n) is 3.83. The minimum absolute atomic E-state index is 0.116. The van der Waals surface area contributed by atoms with Crippen molar-refractivity contribution in [3.63, 3.8) is 0 Å². The Balaban J connectivity index is 3.11. The summed E-state index contributed by atoms with van der Waals surface area (Å²) >= 11 is 0. The standard InChI is InChI=1S/C19H38O4S/c1-3-4-5-6-7-8-9-10-11-12-13-14-15-16-17-22-18-19-23-24(2,20)21/h8-9H,3-7,10-19H2,1-2H3. The lowest BCUT2D eigenvalue weighted by Gasteiger charge is -2.04. The van der Waals surface area contributed by atoms with Crippen LogP contribution in [0.15, 0.2) is 12.2 Å². The average Bonchev–Trinajstić information content (AvgIpc) is 2.52. The molecule has 0 radical (unpaired) electrons. The Morgan fingerprint density at radius 1 is 0.708 bits per heavy atom. The van der Waals surface area contributed by atoms with E-state index in [0.717, 1.165) is 12.7 Å². The van der Waals surface area contributed by atoms with Crippen molar-refractivity contribution in [3.8, 4) is 0 Å². The first-order valence-corrected chi connectivity index (χ1v) is 11.4. The molecule has 0 fully saturated rings. The monoisotopic (exact) mass is 362 g/mol. The molecule has 0 atom stereocenters. The minimum atomic E-state index is -3.33. The summed E-state index contributed by atoms with van der Waals surface area (Å²) in [5.74, 6) is 0. The van der Waals surface area contributed by atoms with Gasteiger partial charge in [-0.1, -0.05) is 64.0 Å². The SMILES string of the molecule is CCCCCCC=CCCCCCCCCOCCOS(C)(=O)=O. The van der Waals surface area contributed by atoms with Crippen molar-refractivity contribution in [1.82, 2.24) is 0 Å². The first-order valence-electron chi connectivity index (χ1n) is 9.63. The van der Waals surface area contributed by atoms with Crippen molar-refractivity contribution < 1.29 is 17.3 Å². The molecule has 0 aliphatic carbocycles. The molecule has 144 valence electrons. The number of hydrogen-bond donors (Lipinski definition) is 0. The van der Waals surface area contributed by atoms with Crippen LogP contribution in [0.1, 0.15) is 84.0 Å². The van der Waals surface area contributed by atoms with E-state index >= 15 is 0 Å². The summed E-state index contributed by atoms with van der Waals surface area (Å²) in [5.41, 5.74) is 0. The highest BCUT2D eigenvalue weighted by molar-refractivity contribution is 7.85. The van der Waals surface area contributed by atoms with Crippen LogP contribution in [-0.2, 0) is 19.0 Å². The fourth-order valence-electron chi connectivity index (χ4n) is 2.44. The number of unbranched alkanes of at least 4 members (excludes halogenated alkanes) is 10. The van der Waals surface area contributed by atoms with Gasteiger partial charge in [-0.2, -0.15) is 8.42 Å². The molecule has 0 aromatic carbocycles. The average molecular weight is 363 g/mol. The quantitative estimate of drug-likeness (QED) is 0.190. The molecule has 0 aliphatic heterocycles. The zero-order valence-electron chi connectivity index (χ0n) is 15.8. The Bertz CT molecular complexity index is 377. The van der Waals surface area contributed by atoms with Crippen molar-refractivity contribution in [3.05, 3.63) is 12.2 Å². The van der Waals surface area contributed by atoms with Gasteiger partial charge in [0.05, 0.1) is 19.5 Å². The van der Waals surface area contributed by atoms with E-state index in [0.29, 0.717) is 13.2 Å². The summed E-state index contributed by atoms with van der Waals surface area (Å²) in [4.78, 5) is 0. The van der Waals surface area contributed by atoms with Crippen LogP contribution < -0.4 is 0 Å². The first kappa shape index (κ1) is 23.6. The number of ether oxygens (including phenoxy) is 1. The van der Waals surface area contributed by atoms with E-state index in [1.807, 2.05) is 0 Å². The molecule has 0 aromatic heterocycles. The molecule has 0 spiro atoms. The Labute approximate surface area is 150 Å². The largest absolute Gasteiger partial charge is 0.379 e. The molecule has 0 amide bonds. The predicted octanol–water partition coefficient (Wildman–Crippen LogP) is 5.24. The molecule has 5 heteroatoms. The van der Waals surface area contributed by atoms with Gasteiger partial charge in [0.2, 0.25) is 0 Å². The molecule has 24 heavy (non-hydrogen) atoms. The van der Waals surface area contributed by atoms with E-state index in [9.17, 15) is 8.42 Å². The molecule has 0 bridgehead atoms. The Morgan fingerprint density at radius 3 is 1.83 bits per heavy atom. The molecule has 0 aromatic rings. The Morgan fingerprint density at radius 2 is 1.25 bits per heavy atom. The number of rotatable bonds is 18.